The first kappa shape index (κ1) is 46.4. The van der Waals surface area contributed by atoms with Gasteiger partial charge in [-0.25, -0.2) is 0 Å². The van der Waals surface area contributed by atoms with Crippen LogP contribution in [0.4, 0.5) is 0 Å². The molecule has 48 heavy (non-hydrogen) atoms. The molecule has 6 nitrogen and oxygen atoms in total. The summed E-state index contributed by atoms with van der Waals surface area (Å²) in [5, 5.41) is 0. The quantitative estimate of drug-likeness (QED) is 0.0367. The van der Waals surface area contributed by atoms with E-state index in [1.165, 1.54) is 128 Å². The van der Waals surface area contributed by atoms with Gasteiger partial charge in [0.15, 0.2) is 6.10 Å². The Bertz CT molecular complexity index is 708. The van der Waals surface area contributed by atoms with Crippen molar-refractivity contribution in [3.63, 3.8) is 0 Å². The molecule has 0 heterocycles. The second kappa shape index (κ2) is 38.2. The summed E-state index contributed by atoms with van der Waals surface area (Å²) in [5.74, 6) is -0.871. The average molecular weight is 681 g/mol. The molecule has 0 amide bonds. The summed E-state index contributed by atoms with van der Waals surface area (Å²) in [6.07, 6.45) is 36.8. The Morgan fingerprint density at radius 3 is 0.833 bits per heavy atom. The number of hydrogen-bond donors (Lipinski definition) is 0. The number of carbonyl (C=O) groups is 3. The largest absolute Gasteiger partial charge is 0.462 e. The third-order valence-electron chi connectivity index (χ3n) is 9.36. The molecule has 0 aliphatic carbocycles. The summed E-state index contributed by atoms with van der Waals surface area (Å²) in [6.45, 7) is 6.55. The van der Waals surface area contributed by atoms with Crippen LogP contribution in [0, 0.1) is 0 Å². The zero-order valence-corrected chi connectivity index (χ0v) is 32.3. The summed E-state index contributed by atoms with van der Waals surface area (Å²) in [7, 11) is 0. The number of esters is 3. The lowest BCUT2D eigenvalue weighted by Gasteiger charge is -2.18. The van der Waals surface area contributed by atoms with Crippen LogP contribution in [0.5, 0.6) is 0 Å². The first-order chi connectivity index (χ1) is 23.5. The lowest BCUT2D eigenvalue weighted by molar-refractivity contribution is -0.167. The van der Waals surface area contributed by atoms with Gasteiger partial charge in [-0.2, -0.15) is 0 Å². The van der Waals surface area contributed by atoms with Gasteiger partial charge >= 0.3 is 17.9 Å². The van der Waals surface area contributed by atoms with Crippen LogP contribution in [0.15, 0.2) is 0 Å². The van der Waals surface area contributed by atoms with E-state index in [-0.39, 0.29) is 31.1 Å². The highest BCUT2D eigenvalue weighted by molar-refractivity contribution is 5.71. The third kappa shape index (κ3) is 35.7. The molecule has 1 atom stereocenters. The van der Waals surface area contributed by atoms with Gasteiger partial charge in [0, 0.05) is 19.3 Å². The molecule has 0 aromatic heterocycles. The monoisotopic (exact) mass is 681 g/mol. The van der Waals surface area contributed by atoms with Gasteiger partial charge in [-0.3, -0.25) is 14.4 Å². The fraction of sp³-hybridized carbons (Fsp3) is 0.929. The third-order valence-corrected chi connectivity index (χ3v) is 9.36. The Hall–Kier alpha value is -1.59. The normalized spacial score (nSPS) is 11.8. The van der Waals surface area contributed by atoms with Gasteiger partial charge < -0.3 is 14.2 Å². The van der Waals surface area contributed by atoms with Gasteiger partial charge in [-0.15, -0.1) is 0 Å². The summed E-state index contributed by atoms with van der Waals surface area (Å²) in [6, 6.07) is 0. The molecule has 0 aliphatic rings. The predicted octanol–water partition coefficient (Wildman–Crippen LogP) is 12.9. The van der Waals surface area contributed by atoms with Crippen LogP contribution < -0.4 is 0 Å². The Balaban J connectivity index is 4.22. The number of unbranched alkanes of at least 4 members (excludes halogenated alkanes) is 27. The maximum absolute atomic E-state index is 12.6. The van der Waals surface area contributed by atoms with E-state index in [9.17, 15) is 14.4 Å². The molecule has 0 aliphatic heterocycles. The van der Waals surface area contributed by atoms with Crippen molar-refractivity contribution in [3.05, 3.63) is 0 Å². The molecule has 0 rings (SSSR count). The van der Waals surface area contributed by atoms with Crippen molar-refractivity contribution >= 4 is 17.9 Å². The molecule has 6 heteroatoms. The van der Waals surface area contributed by atoms with Crippen LogP contribution in [0.25, 0.3) is 0 Å². The Morgan fingerprint density at radius 2 is 0.562 bits per heavy atom. The summed E-state index contributed by atoms with van der Waals surface area (Å²) >= 11 is 0. The van der Waals surface area contributed by atoms with E-state index in [1.54, 1.807) is 0 Å². The molecule has 0 saturated carbocycles. The maximum atomic E-state index is 12.6. The van der Waals surface area contributed by atoms with E-state index in [0.717, 1.165) is 64.2 Å². The molecular weight excluding hydrogens is 600 g/mol. The van der Waals surface area contributed by atoms with Crippen molar-refractivity contribution in [1.82, 2.24) is 0 Å². The van der Waals surface area contributed by atoms with Crippen molar-refractivity contribution in [2.75, 3.05) is 13.2 Å². The van der Waals surface area contributed by atoms with E-state index < -0.39 is 6.10 Å². The molecule has 0 aromatic rings. The van der Waals surface area contributed by atoms with Crippen LogP contribution in [0.3, 0.4) is 0 Å². The van der Waals surface area contributed by atoms with Gasteiger partial charge in [0.05, 0.1) is 0 Å². The molecule has 0 spiro atoms. The first-order valence-electron chi connectivity index (χ1n) is 21.0. The van der Waals surface area contributed by atoms with Gasteiger partial charge in [-0.1, -0.05) is 194 Å². The highest BCUT2D eigenvalue weighted by atomic mass is 16.6. The highest BCUT2D eigenvalue weighted by Crippen LogP contribution is 2.15. The second-order valence-corrected chi connectivity index (χ2v) is 14.3. The van der Waals surface area contributed by atoms with E-state index in [1.807, 2.05) is 0 Å². The van der Waals surface area contributed by atoms with E-state index >= 15 is 0 Å². The van der Waals surface area contributed by atoms with Gasteiger partial charge in [-0.05, 0) is 19.3 Å². The van der Waals surface area contributed by atoms with Crippen molar-refractivity contribution in [2.45, 2.75) is 239 Å². The molecule has 0 aromatic carbocycles. The van der Waals surface area contributed by atoms with Crippen molar-refractivity contribution in [3.8, 4) is 0 Å². The topological polar surface area (TPSA) is 78.9 Å². The fourth-order valence-electron chi connectivity index (χ4n) is 6.15. The first-order valence-corrected chi connectivity index (χ1v) is 21.0. The lowest BCUT2D eigenvalue weighted by Crippen LogP contribution is -2.30. The number of carbonyl (C=O) groups excluding carboxylic acids is 3. The van der Waals surface area contributed by atoms with Crippen LogP contribution in [-0.4, -0.2) is 37.2 Å². The van der Waals surface area contributed by atoms with Crippen LogP contribution in [0.1, 0.15) is 233 Å². The van der Waals surface area contributed by atoms with Crippen molar-refractivity contribution in [1.29, 1.82) is 0 Å². The van der Waals surface area contributed by atoms with Crippen LogP contribution in [0.2, 0.25) is 0 Å². The van der Waals surface area contributed by atoms with Crippen molar-refractivity contribution < 1.29 is 28.6 Å². The Morgan fingerprint density at radius 1 is 0.333 bits per heavy atom. The molecule has 284 valence electrons. The molecule has 0 radical (unpaired) electrons. The zero-order chi connectivity index (χ0) is 35.2. The molecule has 0 unspecified atom stereocenters. The predicted molar refractivity (Wildman–Crippen MR) is 201 cm³/mol. The average Bonchev–Trinajstić information content (AvgIpc) is 3.08. The number of hydrogen-bond acceptors (Lipinski definition) is 6. The molecular formula is C42H80O6. The van der Waals surface area contributed by atoms with E-state index in [2.05, 4.69) is 20.8 Å². The van der Waals surface area contributed by atoms with E-state index in [4.69, 9.17) is 14.2 Å². The summed E-state index contributed by atoms with van der Waals surface area (Å²) in [5.41, 5.74) is 0. The zero-order valence-electron chi connectivity index (χ0n) is 32.3. The Kier molecular flexibility index (Phi) is 36.9. The molecule has 0 fully saturated rings. The minimum Gasteiger partial charge on any atom is -0.462 e. The molecule has 0 N–H and O–H groups in total. The summed E-state index contributed by atoms with van der Waals surface area (Å²) in [4.78, 5) is 37.3. The highest BCUT2D eigenvalue weighted by Gasteiger charge is 2.19. The smallest absolute Gasteiger partial charge is 0.306 e. The summed E-state index contributed by atoms with van der Waals surface area (Å²) < 4.78 is 16.6. The molecule has 0 bridgehead atoms. The lowest BCUT2D eigenvalue weighted by atomic mass is 10.0. The second-order valence-electron chi connectivity index (χ2n) is 14.3. The maximum Gasteiger partial charge on any atom is 0.306 e. The van der Waals surface area contributed by atoms with Crippen LogP contribution >= 0.6 is 0 Å². The van der Waals surface area contributed by atoms with Gasteiger partial charge in [0.2, 0.25) is 0 Å². The number of ether oxygens (including phenoxy) is 3. The van der Waals surface area contributed by atoms with Crippen molar-refractivity contribution in [2.24, 2.45) is 0 Å². The minimum absolute atomic E-state index is 0.0642. The molecule has 0 saturated heterocycles. The van der Waals surface area contributed by atoms with E-state index in [0.29, 0.717) is 19.3 Å². The fourth-order valence-corrected chi connectivity index (χ4v) is 6.15. The minimum atomic E-state index is -0.755. The standard InChI is InChI=1S/C42H80O6/c1-4-7-10-13-15-17-19-21-23-24-26-29-32-35-41(44)47-38-39(37-46-40(43)34-31-28-12-9-6-3)48-42(45)36-33-30-27-25-22-20-18-16-14-11-8-5-2/h39H,4-38H2,1-3H3/t39-/m0/s1. The number of rotatable bonds is 38. The van der Waals surface area contributed by atoms with Crippen LogP contribution in [-0.2, 0) is 28.6 Å². The Labute approximate surface area is 298 Å². The van der Waals surface area contributed by atoms with Gasteiger partial charge in [0.25, 0.3) is 0 Å². The van der Waals surface area contributed by atoms with Gasteiger partial charge in [0.1, 0.15) is 13.2 Å². The SMILES string of the molecule is CCCCCCCCCCCCCCCC(=O)OC[C@H](COC(=O)CCCCCCC)OC(=O)CCCCCCCCCCCCCC.